The lowest BCUT2D eigenvalue weighted by molar-refractivity contribution is 0.202. The molecule has 3 heterocycles. The summed E-state index contributed by atoms with van der Waals surface area (Å²) in [6.07, 6.45) is 1.09. The number of aliphatic hydroxyl groups excluding tert-OH is 1. The summed E-state index contributed by atoms with van der Waals surface area (Å²) < 4.78 is 5.73. The quantitative estimate of drug-likeness (QED) is 0.587. The second-order valence-corrected chi connectivity index (χ2v) is 6.07. The van der Waals surface area contributed by atoms with Crippen molar-refractivity contribution < 1.29 is 9.84 Å². The Balaban J connectivity index is 1.73. The van der Waals surface area contributed by atoms with Crippen molar-refractivity contribution in [2.45, 2.75) is 25.7 Å². The number of nitrogen functional groups attached to an aromatic ring is 1. The number of hydrogen-bond acceptors (Lipinski definition) is 7. The third-order valence-corrected chi connectivity index (χ3v) is 4.31. The number of hydrogen-bond donors (Lipinski definition) is 4. The normalized spacial score (nSPS) is 19.7. The molecule has 7 heteroatoms. The Morgan fingerprint density at radius 2 is 2.21 bits per heavy atom. The van der Waals surface area contributed by atoms with Crippen LogP contribution in [0.25, 0.3) is 0 Å². The third-order valence-electron chi connectivity index (χ3n) is 4.31. The molecule has 0 saturated carbocycles. The van der Waals surface area contributed by atoms with Crippen molar-refractivity contribution in [1.29, 1.82) is 0 Å². The highest BCUT2D eigenvalue weighted by molar-refractivity contribution is 5.84. The average Bonchev–Trinajstić information content (AvgIpc) is 2.88. The SMILES string of the molecule is Nc1nc2cc3c1NC(O)N3Cc1cccc(c1)NCCCCO2. The van der Waals surface area contributed by atoms with Gasteiger partial charge in [-0.1, -0.05) is 12.1 Å². The van der Waals surface area contributed by atoms with Crippen molar-refractivity contribution >= 4 is 22.9 Å². The number of rotatable bonds is 0. The molecular formula is C17H21N5O2. The lowest BCUT2D eigenvalue weighted by atomic mass is 10.1. The number of ether oxygens (including phenoxy) is 1. The Morgan fingerprint density at radius 3 is 3.12 bits per heavy atom. The Kier molecular flexibility index (Phi) is 3.78. The number of pyridine rings is 1. The first kappa shape index (κ1) is 14.9. The maximum Gasteiger partial charge on any atom is 0.217 e. The fraction of sp³-hybridized carbons (Fsp3) is 0.353. The molecule has 24 heavy (non-hydrogen) atoms. The van der Waals surface area contributed by atoms with Crippen molar-refractivity contribution in [2.24, 2.45) is 0 Å². The van der Waals surface area contributed by atoms with Crippen LogP contribution in [-0.4, -0.2) is 29.6 Å². The van der Waals surface area contributed by atoms with Crippen LogP contribution in [0.3, 0.4) is 0 Å². The Bertz CT molecular complexity index is 752. The van der Waals surface area contributed by atoms with E-state index in [1.807, 2.05) is 23.1 Å². The van der Waals surface area contributed by atoms with Crippen molar-refractivity contribution in [3.05, 3.63) is 35.9 Å². The largest absolute Gasteiger partial charge is 0.478 e. The van der Waals surface area contributed by atoms with Gasteiger partial charge in [0.15, 0.2) is 5.82 Å². The zero-order valence-electron chi connectivity index (χ0n) is 13.3. The second-order valence-electron chi connectivity index (χ2n) is 6.07. The van der Waals surface area contributed by atoms with Crippen LogP contribution in [0.4, 0.5) is 22.9 Å². The predicted molar refractivity (Wildman–Crippen MR) is 94.1 cm³/mol. The number of fused-ring (bicyclic) bond motifs is 3. The van der Waals surface area contributed by atoms with Gasteiger partial charge in [0.05, 0.1) is 12.3 Å². The number of nitrogens with zero attached hydrogens (tertiary/aromatic N) is 2. The summed E-state index contributed by atoms with van der Waals surface area (Å²) in [6, 6.07) is 10.1. The van der Waals surface area contributed by atoms with Crippen molar-refractivity contribution in [3.63, 3.8) is 0 Å². The molecule has 4 bridgehead atoms. The van der Waals surface area contributed by atoms with Crippen LogP contribution in [0, 0.1) is 0 Å². The molecule has 1 aromatic heterocycles. The van der Waals surface area contributed by atoms with E-state index in [9.17, 15) is 5.11 Å². The maximum atomic E-state index is 10.4. The minimum atomic E-state index is -0.844. The minimum Gasteiger partial charge on any atom is -0.478 e. The summed E-state index contributed by atoms with van der Waals surface area (Å²) in [4.78, 5) is 6.12. The van der Waals surface area contributed by atoms with E-state index in [1.165, 1.54) is 0 Å². The lowest BCUT2D eigenvalue weighted by Crippen LogP contribution is -2.34. The summed E-state index contributed by atoms with van der Waals surface area (Å²) in [6.45, 7) is 2.03. The first-order chi connectivity index (χ1) is 11.7. The van der Waals surface area contributed by atoms with Crippen LogP contribution in [0.15, 0.2) is 30.3 Å². The van der Waals surface area contributed by atoms with E-state index in [4.69, 9.17) is 10.5 Å². The molecule has 0 spiro atoms. The van der Waals surface area contributed by atoms with Crippen LogP contribution >= 0.6 is 0 Å². The first-order valence-corrected chi connectivity index (χ1v) is 8.18. The van der Waals surface area contributed by atoms with E-state index in [0.29, 0.717) is 30.5 Å². The highest BCUT2D eigenvalue weighted by atomic mass is 16.5. The molecule has 4 rings (SSSR count). The molecule has 1 atom stereocenters. The Labute approximate surface area is 140 Å². The smallest absolute Gasteiger partial charge is 0.217 e. The highest BCUT2D eigenvalue weighted by Gasteiger charge is 2.30. The van der Waals surface area contributed by atoms with Crippen LogP contribution in [-0.2, 0) is 6.54 Å². The monoisotopic (exact) mass is 327 g/mol. The van der Waals surface area contributed by atoms with Gasteiger partial charge in [0.1, 0.15) is 5.69 Å². The number of benzene rings is 1. The number of anilines is 4. The van der Waals surface area contributed by atoms with Gasteiger partial charge in [0.25, 0.3) is 0 Å². The van der Waals surface area contributed by atoms with Gasteiger partial charge in [-0.2, -0.15) is 4.98 Å². The number of nitrogens with one attached hydrogen (secondary N) is 2. The maximum absolute atomic E-state index is 10.4. The van der Waals surface area contributed by atoms with Crippen LogP contribution in [0.1, 0.15) is 18.4 Å². The summed E-state index contributed by atoms with van der Waals surface area (Å²) in [5, 5.41) is 16.8. The van der Waals surface area contributed by atoms with Gasteiger partial charge in [-0.3, -0.25) is 0 Å². The summed E-state index contributed by atoms with van der Waals surface area (Å²) >= 11 is 0. The van der Waals surface area contributed by atoms with E-state index in [2.05, 4.69) is 27.8 Å². The molecule has 0 aliphatic carbocycles. The van der Waals surface area contributed by atoms with Gasteiger partial charge in [-0.05, 0) is 30.5 Å². The van der Waals surface area contributed by atoms with Crippen molar-refractivity contribution in [3.8, 4) is 5.88 Å². The predicted octanol–water partition coefficient (Wildman–Crippen LogP) is 1.96. The number of nitrogens with two attached hydrogens (primary N) is 1. The van der Waals surface area contributed by atoms with Gasteiger partial charge in [-0.25, -0.2) is 0 Å². The molecule has 126 valence electrons. The van der Waals surface area contributed by atoms with E-state index in [0.717, 1.165) is 36.3 Å². The van der Waals surface area contributed by atoms with E-state index in [1.54, 1.807) is 0 Å². The fourth-order valence-corrected chi connectivity index (χ4v) is 3.10. The highest BCUT2D eigenvalue weighted by Crippen LogP contribution is 2.40. The summed E-state index contributed by atoms with van der Waals surface area (Å²) in [5.41, 5.74) is 9.67. The molecule has 0 saturated heterocycles. The van der Waals surface area contributed by atoms with Crippen LogP contribution < -0.4 is 26.0 Å². The lowest BCUT2D eigenvalue weighted by Gasteiger charge is -2.23. The molecule has 2 aliphatic rings. The van der Waals surface area contributed by atoms with Gasteiger partial charge in [0, 0.05) is 24.8 Å². The zero-order chi connectivity index (χ0) is 16.5. The minimum absolute atomic E-state index is 0.339. The van der Waals surface area contributed by atoms with Crippen molar-refractivity contribution in [2.75, 3.05) is 34.4 Å². The first-order valence-electron chi connectivity index (χ1n) is 8.18. The number of aromatic nitrogens is 1. The zero-order valence-corrected chi connectivity index (χ0v) is 13.3. The standard InChI is InChI=1S/C17H21N5O2/c18-16-15-13-9-14(20-16)24-7-2-1-6-19-12-5-3-4-11(8-12)10-22(13)17(23)21-15/h3-5,8-9,17,19,21,23H,1-2,6-7,10H2,(H2,18,20). The topological polar surface area (TPSA) is 95.7 Å². The molecule has 0 fully saturated rings. The molecule has 7 nitrogen and oxygen atoms in total. The van der Waals surface area contributed by atoms with Gasteiger partial charge >= 0.3 is 0 Å². The molecular weight excluding hydrogens is 306 g/mol. The van der Waals surface area contributed by atoms with Gasteiger partial charge in [0.2, 0.25) is 12.2 Å². The van der Waals surface area contributed by atoms with E-state index >= 15 is 0 Å². The summed E-state index contributed by atoms with van der Waals surface area (Å²) in [5.74, 6) is 0.831. The summed E-state index contributed by atoms with van der Waals surface area (Å²) in [7, 11) is 0. The Hall–Kier alpha value is -2.67. The molecule has 5 N–H and O–H groups in total. The molecule has 2 aromatic rings. The van der Waals surface area contributed by atoms with Gasteiger partial charge in [-0.15, -0.1) is 0 Å². The van der Waals surface area contributed by atoms with Crippen LogP contribution in [0.5, 0.6) is 5.88 Å². The second kappa shape index (κ2) is 6.09. The molecule has 0 radical (unpaired) electrons. The molecule has 1 unspecified atom stereocenters. The molecule has 1 aromatic carbocycles. The number of aliphatic hydroxyl groups is 1. The van der Waals surface area contributed by atoms with Gasteiger partial charge < -0.3 is 31.1 Å². The van der Waals surface area contributed by atoms with Crippen LogP contribution in [0.2, 0.25) is 0 Å². The fourth-order valence-electron chi connectivity index (χ4n) is 3.10. The average molecular weight is 327 g/mol. The van der Waals surface area contributed by atoms with E-state index < -0.39 is 6.35 Å². The molecule has 0 amide bonds. The van der Waals surface area contributed by atoms with Crippen molar-refractivity contribution in [1.82, 2.24) is 4.98 Å². The van der Waals surface area contributed by atoms with E-state index in [-0.39, 0.29) is 0 Å². The Morgan fingerprint density at radius 1 is 1.29 bits per heavy atom. The molecule has 2 aliphatic heterocycles. The third kappa shape index (κ3) is 2.78.